The zero-order valence-electron chi connectivity index (χ0n) is 16.4. The fourth-order valence-corrected chi connectivity index (χ4v) is 4.54. The van der Waals surface area contributed by atoms with Crippen molar-refractivity contribution in [3.8, 4) is 11.5 Å². The van der Waals surface area contributed by atoms with Gasteiger partial charge in [0.05, 0.1) is 13.2 Å². The number of benzene rings is 3. The van der Waals surface area contributed by atoms with Crippen molar-refractivity contribution in [2.24, 2.45) is 0 Å². The molecular weight excluding hydrogens is 360 g/mol. The Kier molecular flexibility index (Phi) is 4.49. The largest absolute Gasteiger partial charge is 0.508 e. The van der Waals surface area contributed by atoms with Crippen molar-refractivity contribution in [3.05, 3.63) is 95.2 Å². The van der Waals surface area contributed by atoms with Crippen LogP contribution in [0.15, 0.2) is 72.8 Å². The van der Waals surface area contributed by atoms with E-state index in [1.807, 2.05) is 18.2 Å². The second kappa shape index (κ2) is 7.30. The number of phenols is 1. The van der Waals surface area contributed by atoms with Gasteiger partial charge in [0.25, 0.3) is 0 Å². The molecule has 0 saturated carbocycles. The Balaban J connectivity index is 1.62. The number of phenolic OH excluding ortho intramolecular Hbond substituents is 1. The molecule has 146 valence electrons. The second-order valence-corrected chi connectivity index (χ2v) is 7.63. The molecule has 0 aliphatic carbocycles. The zero-order chi connectivity index (χ0) is 19.8. The molecule has 2 heterocycles. The van der Waals surface area contributed by atoms with Gasteiger partial charge in [-0.05, 0) is 53.4 Å². The van der Waals surface area contributed by atoms with Gasteiger partial charge < -0.3 is 14.8 Å². The van der Waals surface area contributed by atoms with Gasteiger partial charge >= 0.3 is 0 Å². The highest BCUT2D eigenvalue weighted by Crippen LogP contribution is 2.39. The molecule has 4 aromatic rings. The molecule has 0 amide bonds. The van der Waals surface area contributed by atoms with E-state index < -0.39 is 0 Å². The minimum Gasteiger partial charge on any atom is -0.508 e. The van der Waals surface area contributed by atoms with Gasteiger partial charge in [-0.1, -0.05) is 42.5 Å². The number of methoxy groups -OCH3 is 1. The molecule has 2 N–H and O–H groups in total. The third-order valence-electron chi connectivity index (χ3n) is 5.84. The Bertz CT molecular complexity index is 1160. The summed E-state index contributed by atoms with van der Waals surface area (Å²) in [5.74, 6) is 1.17. The molecule has 1 aromatic heterocycles. The van der Waals surface area contributed by atoms with Gasteiger partial charge in [-0.25, -0.2) is 0 Å². The molecule has 0 radical (unpaired) electrons. The van der Waals surface area contributed by atoms with E-state index >= 15 is 0 Å². The summed E-state index contributed by atoms with van der Waals surface area (Å²) in [7, 11) is 1.71. The third-order valence-corrected chi connectivity index (χ3v) is 5.84. The van der Waals surface area contributed by atoms with E-state index in [1.54, 1.807) is 13.2 Å². The highest BCUT2D eigenvalue weighted by atomic mass is 16.5. The molecule has 0 saturated heterocycles. The number of nitrogens with zero attached hydrogens (tertiary/aromatic N) is 1. The summed E-state index contributed by atoms with van der Waals surface area (Å²) >= 11 is 0. The number of fused-ring (bicyclic) bond motifs is 3. The molecule has 1 aliphatic heterocycles. The number of aromatic hydroxyl groups is 1. The van der Waals surface area contributed by atoms with E-state index in [4.69, 9.17) is 4.74 Å². The highest BCUT2D eigenvalue weighted by molar-refractivity contribution is 5.85. The van der Waals surface area contributed by atoms with Crippen LogP contribution in [0.3, 0.4) is 0 Å². The predicted octanol–water partition coefficient (Wildman–Crippen LogP) is 5.03. The summed E-state index contributed by atoms with van der Waals surface area (Å²) in [6, 6.07) is 24.5. The molecule has 0 fully saturated rings. The van der Waals surface area contributed by atoms with Gasteiger partial charge in [0.2, 0.25) is 0 Å². The zero-order valence-corrected chi connectivity index (χ0v) is 16.4. The molecule has 1 aliphatic rings. The van der Waals surface area contributed by atoms with Crippen molar-refractivity contribution in [1.29, 1.82) is 0 Å². The summed E-state index contributed by atoms with van der Waals surface area (Å²) in [5, 5.41) is 11.2. The van der Waals surface area contributed by atoms with Gasteiger partial charge in [-0.3, -0.25) is 4.90 Å². The van der Waals surface area contributed by atoms with E-state index in [1.165, 1.54) is 27.7 Å². The molecule has 0 spiro atoms. The number of ether oxygens (including phenoxy) is 1. The molecule has 29 heavy (non-hydrogen) atoms. The standard InChI is InChI=1S/C25H24N2O2/c1-29-20-9-5-7-18(15-20)25-24-22(21-10-2-3-11-23(21)26-24)12-13-27(25)16-17-6-4-8-19(28)14-17/h2-11,14-15,25-26,28H,12-13,16H2,1H3. The second-order valence-electron chi connectivity index (χ2n) is 7.63. The van der Waals surface area contributed by atoms with E-state index in [0.717, 1.165) is 30.8 Å². The quantitative estimate of drug-likeness (QED) is 0.519. The monoisotopic (exact) mass is 384 g/mol. The number of hydrogen-bond donors (Lipinski definition) is 2. The van der Waals surface area contributed by atoms with Gasteiger partial charge in [0.15, 0.2) is 0 Å². The lowest BCUT2D eigenvalue weighted by Gasteiger charge is -2.36. The average Bonchev–Trinajstić information content (AvgIpc) is 3.12. The minimum atomic E-state index is 0.101. The lowest BCUT2D eigenvalue weighted by Crippen LogP contribution is -2.35. The number of aromatic amines is 1. The highest BCUT2D eigenvalue weighted by Gasteiger charge is 2.31. The van der Waals surface area contributed by atoms with Crippen molar-refractivity contribution in [3.63, 3.8) is 0 Å². The minimum absolute atomic E-state index is 0.101. The Labute approximate surface area is 170 Å². The summed E-state index contributed by atoms with van der Waals surface area (Å²) in [4.78, 5) is 6.17. The maximum absolute atomic E-state index is 9.91. The van der Waals surface area contributed by atoms with Crippen LogP contribution in [-0.2, 0) is 13.0 Å². The maximum atomic E-state index is 9.91. The van der Waals surface area contributed by atoms with Crippen LogP contribution in [0.4, 0.5) is 0 Å². The maximum Gasteiger partial charge on any atom is 0.119 e. The summed E-state index contributed by atoms with van der Waals surface area (Å²) in [6.45, 7) is 1.72. The number of H-pyrrole nitrogens is 1. The molecule has 3 aromatic carbocycles. The number of aromatic nitrogens is 1. The van der Waals surface area contributed by atoms with E-state index in [9.17, 15) is 5.11 Å². The number of rotatable bonds is 4. The van der Waals surface area contributed by atoms with Gasteiger partial charge in [0.1, 0.15) is 11.5 Å². The predicted molar refractivity (Wildman–Crippen MR) is 115 cm³/mol. The van der Waals surface area contributed by atoms with Crippen LogP contribution in [0.5, 0.6) is 11.5 Å². The Morgan fingerprint density at radius 2 is 1.90 bits per heavy atom. The molecule has 4 nitrogen and oxygen atoms in total. The van der Waals surface area contributed by atoms with Crippen LogP contribution in [0.25, 0.3) is 10.9 Å². The molecular formula is C25H24N2O2. The first kappa shape index (κ1) is 17.8. The van der Waals surface area contributed by atoms with Gasteiger partial charge in [-0.2, -0.15) is 0 Å². The lowest BCUT2D eigenvalue weighted by atomic mass is 9.92. The van der Waals surface area contributed by atoms with Gasteiger partial charge in [-0.15, -0.1) is 0 Å². The fourth-order valence-electron chi connectivity index (χ4n) is 4.54. The molecule has 0 bridgehead atoms. The van der Waals surface area contributed by atoms with E-state index in [-0.39, 0.29) is 6.04 Å². The molecule has 1 unspecified atom stereocenters. The number of nitrogens with one attached hydrogen (secondary N) is 1. The fraction of sp³-hybridized carbons (Fsp3) is 0.200. The van der Waals surface area contributed by atoms with Crippen LogP contribution >= 0.6 is 0 Å². The molecule has 5 rings (SSSR count). The molecule has 4 heteroatoms. The first-order valence-electron chi connectivity index (χ1n) is 9.98. The Morgan fingerprint density at radius 1 is 1.03 bits per heavy atom. The van der Waals surface area contributed by atoms with E-state index in [2.05, 4.69) is 58.4 Å². The van der Waals surface area contributed by atoms with Crippen molar-refractivity contribution >= 4 is 10.9 Å². The Hall–Kier alpha value is -3.24. The first-order chi connectivity index (χ1) is 14.2. The van der Waals surface area contributed by atoms with Crippen LogP contribution in [0, 0.1) is 0 Å². The SMILES string of the molecule is COc1cccc(C2c3[nH]c4ccccc4c3CCN2Cc2cccc(O)c2)c1. The lowest BCUT2D eigenvalue weighted by molar-refractivity contribution is 0.201. The number of para-hydroxylation sites is 1. The average molecular weight is 384 g/mol. The summed E-state index contributed by atoms with van der Waals surface area (Å²) in [5.41, 5.74) is 6.16. The van der Waals surface area contributed by atoms with Crippen molar-refractivity contribution in [1.82, 2.24) is 9.88 Å². The van der Waals surface area contributed by atoms with Crippen LogP contribution in [-0.4, -0.2) is 28.6 Å². The summed E-state index contributed by atoms with van der Waals surface area (Å²) < 4.78 is 5.50. The van der Waals surface area contributed by atoms with Crippen molar-refractivity contribution in [2.45, 2.75) is 19.0 Å². The van der Waals surface area contributed by atoms with Crippen molar-refractivity contribution < 1.29 is 9.84 Å². The van der Waals surface area contributed by atoms with Crippen LogP contribution in [0.2, 0.25) is 0 Å². The van der Waals surface area contributed by atoms with Crippen molar-refractivity contribution in [2.75, 3.05) is 13.7 Å². The normalized spacial score (nSPS) is 16.7. The van der Waals surface area contributed by atoms with Crippen LogP contribution in [0.1, 0.15) is 28.4 Å². The van der Waals surface area contributed by atoms with E-state index in [0.29, 0.717) is 5.75 Å². The molecule has 1 atom stereocenters. The van der Waals surface area contributed by atoms with Crippen LogP contribution < -0.4 is 4.74 Å². The third kappa shape index (κ3) is 3.26. The first-order valence-corrected chi connectivity index (χ1v) is 9.98. The summed E-state index contributed by atoms with van der Waals surface area (Å²) in [6.07, 6.45) is 0.999. The number of hydrogen-bond acceptors (Lipinski definition) is 3. The Morgan fingerprint density at radius 3 is 2.76 bits per heavy atom. The topological polar surface area (TPSA) is 48.5 Å². The smallest absolute Gasteiger partial charge is 0.119 e. The van der Waals surface area contributed by atoms with Gasteiger partial charge in [0, 0.05) is 29.7 Å².